The van der Waals surface area contributed by atoms with Gasteiger partial charge in [0, 0.05) is 15.8 Å². The first-order valence-electron chi connectivity index (χ1n) is 6.17. The van der Waals surface area contributed by atoms with E-state index in [1.807, 2.05) is 42.5 Å². The van der Waals surface area contributed by atoms with Crippen LogP contribution in [0.4, 0.5) is 0 Å². The maximum atomic E-state index is 12.8. The van der Waals surface area contributed by atoms with Crippen LogP contribution in [0.15, 0.2) is 52.1 Å². The summed E-state index contributed by atoms with van der Waals surface area (Å²) in [6.07, 6.45) is 0. The van der Waals surface area contributed by atoms with E-state index in [-0.39, 0.29) is 5.91 Å². The minimum atomic E-state index is 0.00111. The average molecular weight is 345 g/mol. The van der Waals surface area contributed by atoms with E-state index in [0.29, 0.717) is 0 Å². The zero-order chi connectivity index (χ0) is 13.7. The molecule has 2 heterocycles. The second-order valence-electron chi connectivity index (χ2n) is 4.61. The first-order valence-corrected chi connectivity index (χ1v) is 7.95. The molecule has 4 rings (SSSR count). The third-order valence-corrected chi connectivity index (χ3v) is 4.87. The summed E-state index contributed by atoms with van der Waals surface area (Å²) in [7, 11) is 0. The Balaban J connectivity index is 2.04. The molecule has 5 heteroatoms. The smallest absolute Gasteiger partial charge is 0.264 e. The number of benzene rings is 2. The van der Waals surface area contributed by atoms with Crippen LogP contribution in [0.2, 0.25) is 0 Å². The Morgan fingerprint density at radius 2 is 2.05 bits per heavy atom. The van der Waals surface area contributed by atoms with Crippen molar-refractivity contribution in [1.29, 1.82) is 0 Å². The lowest BCUT2D eigenvalue weighted by Gasteiger charge is -2.05. The number of rotatable bonds is 0. The Morgan fingerprint density at radius 3 is 2.95 bits per heavy atom. The topological polar surface area (TPSA) is 34.9 Å². The molecule has 0 fully saturated rings. The van der Waals surface area contributed by atoms with Crippen molar-refractivity contribution in [2.24, 2.45) is 0 Å². The van der Waals surface area contributed by atoms with Crippen LogP contribution in [0.5, 0.6) is 0 Å². The molecule has 20 heavy (non-hydrogen) atoms. The van der Waals surface area contributed by atoms with Gasteiger partial charge in [-0.05, 0) is 29.8 Å². The molecule has 0 spiro atoms. The Labute approximate surface area is 128 Å². The SMILES string of the molecule is O=C1c2ccccc2CSc2nc3ccc(Br)cc3n21. The molecule has 0 bridgehead atoms. The average Bonchev–Trinajstić information content (AvgIpc) is 2.75. The molecule has 0 aliphatic carbocycles. The molecule has 3 aromatic rings. The van der Waals surface area contributed by atoms with Gasteiger partial charge in [-0.2, -0.15) is 0 Å². The fourth-order valence-corrected chi connectivity index (χ4v) is 3.80. The van der Waals surface area contributed by atoms with E-state index in [4.69, 9.17) is 0 Å². The van der Waals surface area contributed by atoms with Gasteiger partial charge in [0.05, 0.1) is 11.0 Å². The fourth-order valence-electron chi connectivity index (χ4n) is 2.44. The highest BCUT2D eigenvalue weighted by Crippen LogP contribution is 2.33. The van der Waals surface area contributed by atoms with Gasteiger partial charge in [-0.1, -0.05) is 45.9 Å². The quantitative estimate of drug-likeness (QED) is 0.615. The summed E-state index contributed by atoms with van der Waals surface area (Å²) in [6, 6.07) is 13.6. The Bertz CT molecular complexity index is 856. The molecule has 0 atom stereocenters. The number of hydrogen-bond acceptors (Lipinski definition) is 3. The first kappa shape index (κ1) is 12.2. The number of carbonyl (C=O) groups is 1. The largest absolute Gasteiger partial charge is 0.268 e. The van der Waals surface area contributed by atoms with Crippen LogP contribution in [-0.2, 0) is 5.75 Å². The summed E-state index contributed by atoms with van der Waals surface area (Å²) in [6.45, 7) is 0. The van der Waals surface area contributed by atoms with Crippen molar-refractivity contribution in [3.05, 3.63) is 58.1 Å². The minimum Gasteiger partial charge on any atom is -0.268 e. The van der Waals surface area contributed by atoms with Crippen molar-refractivity contribution >= 4 is 44.6 Å². The molecule has 0 saturated heterocycles. The highest BCUT2D eigenvalue weighted by atomic mass is 79.9. The van der Waals surface area contributed by atoms with E-state index in [1.54, 1.807) is 16.3 Å². The minimum absolute atomic E-state index is 0.00111. The van der Waals surface area contributed by atoms with Crippen LogP contribution in [0.25, 0.3) is 11.0 Å². The van der Waals surface area contributed by atoms with Crippen LogP contribution < -0.4 is 0 Å². The maximum Gasteiger partial charge on any atom is 0.264 e. The highest BCUT2D eigenvalue weighted by Gasteiger charge is 2.24. The van der Waals surface area contributed by atoms with E-state index in [9.17, 15) is 4.79 Å². The van der Waals surface area contributed by atoms with Gasteiger partial charge in [0.2, 0.25) is 0 Å². The number of aromatic nitrogens is 2. The van der Waals surface area contributed by atoms with Crippen molar-refractivity contribution < 1.29 is 4.79 Å². The standard InChI is InChI=1S/C15H9BrN2OS/c16-10-5-6-12-13(7-10)18-14(19)11-4-2-1-3-9(11)8-20-15(18)17-12/h1-7H,8H2. The Kier molecular flexibility index (Phi) is 2.72. The Morgan fingerprint density at radius 1 is 1.20 bits per heavy atom. The van der Waals surface area contributed by atoms with Gasteiger partial charge in [0.15, 0.2) is 5.16 Å². The molecular weight excluding hydrogens is 336 g/mol. The van der Waals surface area contributed by atoms with Crippen LogP contribution in [0, 0.1) is 0 Å². The van der Waals surface area contributed by atoms with Gasteiger partial charge in [0.1, 0.15) is 0 Å². The summed E-state index contributed by atoms with van der Waals surface area (Å²) in [4.78, 5) is 17.4. The van der Waals surface area contributed by atoms with Gasteiger partial charge in [0.25, 0.3) is 5.91 Å². The van der Waals surface area contributed by atoms with Crippen LogP contribution in [0.3, 0.4) is 0 Å². The molecule has 2 aromatic carbocycles. The third-order valence-electron chi connectivity index (χ3n) is 3.39. The second kappa shape index (κ2) is 4.46. The van der Waals surface area contributed by atoms with Gasteiger partial charge in [-0.25, -0.2) is 4.98 Å². The molecule has 98 valence electrons. The van der Waals surface area contributed by atoms with Gasteiger partial charge >= 0.3 is 0 Å². The normalized spacial score (nSPS) is 13.9. The highest BCUT2D eigenvalue weighted by molar-refractivity contribution is 9.10. The first-order chi connectivity index (χ1) is 9.74. The summed E-state index contributed by atoms with van der Waals surface area (Å²) in [5.74, 6) is 0.771. The number of carbonyl (C=O) groups excluding carboxylic acids is 1. The van der Waals surface area contributed by atoms with Crippen molar-refractivity contribution in [2.75, 3.05) is 0 Å². The van der Waals surface area contributed by atoms with Gasteiger partial charge in [-0.3, -0.25) is 9.36 Å². The second-order valence-corrected chi connectivity index (χ2v) is 6.47. The molecule has 0 saturated carbocycles. The molecule has 3 nitrogen and oxygen atoms in total. The molecule has 1 aliphatic rings. The van der Waals surface area contributed by atoms with E-state index < -0.39 is 0 Å². The summed E-state index contributed by atoms with van der Waals surface area (Å²) < 4.78 is 2.67. The zero-order valence-electron chi connectivity index (χ0n) is 10.3. The van der Waals surface area contributed by atoms with Crippen molar-refractivity contribution in [1.82, 2.24) is 9.55 Å². The molecule has 0 unspecified atom stereocenters. The monoisotopic (exact) mass is 344 g/mol. The van der Waals surface area contributed by atoms with Crippen LogP contribution in [0.1, 0.15) is 15.9 Å². The molecule has 0 N–H and O–H groups in total. The fraction of sp³-hybridized carbons (Fsp3) is 0.0667. The summed E-state index contributed by atoms with van der Waals surface area (Å²) in [5.41, 5.74) is 3.53. The van der Waals surface area contributed by atoms with E-state index in [1.165, 1.54) is 0 Å². The summed E-state index contributed by atoms with van der Waals surface area (Å²) >= 11 is 5.06. The third kappa shape index (κ3) is 1.73. The molecule has 1 aromatic heterocycles. The lowest BCUT2D eigenvalue weighted by molar-refractivity contribution is 0.0955. The number of nitrogens with zero attached hydrogens (tertiary/aromatic N) is 2. The molecular formula is C15H9BrN2OS. The number of hydrogen-bond donors (Lipinski definition) is 0. The molecule has 0 radical (unpaired) electrons. The van der Waals surface area contributed by atoms with Crippen LogP contribution >= 0.6 is 27.7 Å². The van der Waals surface area contributed by atoms with E-state index in [0.717, 1.165) is 37.5 Å². The Hall–Kier alpha value is -1.59. The number of imidazole rings is 1. The predicted molar refractivity (Wildman–Crippen MR) is 83.2 cm³/mol. The van der Waals surface area contributed by atoms with Crippen molar-refractivity contribution in [2.45, 2.75) is 10.9 Å². The summed E-state index contributed by atoms with van der Waals surface area (Å²) in [5, 5.41) is 0.763. The van der Waals surface area contributed by atoms with Crippen LogP contribution in [-0.4, -0.2) is 15.5 Å². The molecule has 0 amide bonds. The van der Waals surface area contributed by atoms with E-state index >= 15 is 0 Å². The van der Waals surface area contributed by atoms with Gasteiger partial charge in [-0.15, -0.1) is 0 Å². The number of halogens is 1. The lowest BCUT2D eigenvalue weighted by atomic mass is 10.1. The van der Waals surface area contributed by atoms with Gasteiger partial charge < -0.3 is 0 Å². The van der Waals surface area contributed by atoms with Crippen molar-refractivity contribution in [3.63, 3.8) is 0 Å². The maximum absolute atomic E-state index is 12.8. The van der Waals surface area contributed by atoms with Crippen molar-refractivity contribution in [3.8, 4) is 0 Å². The number of thioether (sulfide) groups is 1. The lowest BCUT2D eigenvalue weighted by Crippen LogP contribution is -2.12. The van der Waals surface area contributed by atoms with E-state index in [2.05, 4.69) is 20.9 Å². The zero-order valence-corrected chi connectivity index (χ0v) is 12.7. The predicted octanol–water partition coefficient (Wildman–Crippen LogP) is 4.09. The molecule has 1 aliphatic heterocycles. The number of fused-ring (bicyclic) bond motifs is 4.